The molecule has 0 aliphatic rings. The molecule has 0 unspecified atom stereocenters. The van der Waals surface area contributed by atoms with Crippen LogP contribution in [0.4, 0.5) is 11.4 Å². The molecule has 0 bridgehead atoms. The zero-order chi connectivity index (χ0) is 12.3. The second-order valence-corrected chi connectivity index (χ2v) is 3.77. The fraction of sp³-hybridized carbons (Fsp3) is 0.0769. The summed E-state index contributed by atoms with van der Waals surface area (Å²) in [6.07, 6.45) is 3.34. The fourth-order valence-corrected chi connectivity index (χ4v) is 1.49. The summed E-state index contributed by atoms with van der Waals surface area (Å²) in [6, 6.07) is 8.63. The van der Waals surface area contributed by atoms with Crippen molar-refractivity contribution in [2.45, 2.75) is 6.92 Å². The molecular weight excluding hydrogens is 214 g/mol. The second kappa shape index (κ2) is 4.65. The molecule has 1 aromatic carbocycles. The van der Waals surface area contributed by atoms with Crippen LogP contribution in [0.15, 0.2) is 42.7 Å². The third-order valence-corrected chi connectivity index (χ3v) is 2.42. The molecule has 0 radical (unpaired) electrons. The highest BCUT2D eigenvalue weighted by molar-refractivity contribution is 6.05. The van der Waals surface area contributed by atoms with Crippen molar-refractivity contribution in [1.82, 2.24) is 4.98 Å². The number of hydrogen-bond donors (Lipinski definition) is 2. The van der Waals surface area contributed by atoms with E-state index in [1.807, 2.05) is 6.92 Å². The van der Waals surface area contributed by atoms with Gasteiger partial charge in [0, 0.05) is 29.3 Å². The number of nitrogens with one attached hydrogen (secondary N) is 1. The van der Waals surface area contributed by atoms with Gasteiger partial charge in [-0.1, -0.05) is 6.07 Å². The van der Waals surface area contributed by atoms with Gasteiger partial charge >= 0.3 is 0 Å². The van der Waals surface area contributed by atoms with Gasteiger partial charge in [-0.05, 0) is 36.8 Å². The van der Waals surface area contributed by atoms with E-state index in [1.54, 1.807) is 42.7 Å². The topological polar surface area (TPSA) is 68.0 Å². The lowest BCUT2D eigenvalue weighted by atomic mass is 10.2. The maximum Gasteiger partial charge on any atom is 0.255 e. The lowest BCUT2D eigenvalue weighted by Gasteiger charge is -2.07. The lowest BCUT2D eigenvalue weighted by Crippen LogP contribution is -2.13. The Bertz CT molecular complexity index is 552. The molecule has 0 aliphatic carbocycles. The largest absolute Gasteiger partial charge is 0.399 e. The van der Waals surface area contributed by atoms with Gasteiger partial charge in [0.05, 0.1) is 0 Å². The fourth-order valence-electron chi connectivity index (χ4n) is 1.49. The molecule has 1 aromatic heterocycles. The minimum Gasteiger partial charge on any atom is -0.399 e. The Balaban J connectivity index is 2.20. The number of pyridine rings is 1. The molecule has 4 heteroatoms. The highest BCUT2D eigenvalue weighted by Gasteiger charge is 2.07. The van der Waals surface area contributed by atoms with Crippen molar-refractivity contribution in [3.8, 4) is 0 Å². The summed E-state index contributed by atoms with van der Waals surface area (Å²) >= 11 is 0. The van der Waals surface area contributed by atoms with Gasteiger partial charge < -0.3 is 11.1 Å². The monoisotopic (exact) mass is 227 g/mol. The first-order valence-corrected chi connectivity index (χ1v) is 5.24. The number of aryl methyl sites for hydroxylation is 1. The standard InChI is InChI=1S/C13H13N3O/c1-9-8-15-6-5-12(9)16-13(17)10-3-2-4-11(14)7-10/h2-8H,14H2,1H3,(H,15,16,17). The van der Waals surface area contributed by atoms with E-state index in [2.05, 4.69) is 10.3 Å². The summed E-state index contributed by atoms with van der Waals surface area (Å²) in [4.78, 5) is 15.9. The number of aromatic nitrogens is 1. The van der Waals surface area contributed by atoms with Crippen molar-refractivity contribution in [3.63, 3.8) is 0 Å². The Kier molecular flexibility index (Phi) is 3.05. The Morgan fingerprint density at radius 2 is 2.18 bits per heavy atom. The van der Waals surface area contributed by atoms with Crippen LogP contribution in [0.25, 0.3) is 0 Å². The maximum atomic E-state index is 11.9. The van der Waals surface area contributed by atoms with E-state index in [0.29, 0.717) is 11.3 Å². The highest BCUT2D eigenvalue weighted by Crippen LogP contribution is 2.14. The van der Waals surface area contributed by atoms with E-state index in [9.17, 15) is 4.79 Å². The average molecular weight is 227 g/mol. The van der Waals surface area contributed by atoms with Gasteiger partial charge in [-0.3, -0.25) is 9.78 Å². The number of carbonyl (C=O) groups excluding carboxylic acids is 1. The van der Waals surface area contributed by atoms with Crippen molar-refractivity contribution in [2.24, 2.45) is 0 Å². The van der Waals surface area contributed by atoms with Crippen molar-refractivity contribution < 1.29 is 4.79 Å². The predicted octanol–water partition coefficient (Wildman–Crippen LogP) is 2.22. The number of nitrogen functional groups attached to an aromatic ring is 1. The Labute approximate surface area is 99.5 Å². The molecule has 0 saturated carbocycles. The first-order chi connectivity index (χ1) is 8.16. The summed E-state index contributed by atoms with van der Waals surface area (Å²) in [5, 5.41) is 2.82. The molecule has 0 spiro atoms. The minimum absolute atomic E-state index is 0.174. The van der Waals surface area contributed by atoms with Gasteiger partial charge in [-0.25, -0.2) is 0 Å². The van der Waals surface area contributed by atoms with E-state index in [1.165, 1.54) is 0 Å². The number of nitrogens with zero attached hydrogens (tertiary/aromatic N) is 1. The van der Waals surface area contributed by atoms with Crippen molar-refractivity contribution in [3.05, 3.63) is 53.9 Å². The van der Waals surface area contributed by atoms with Crippen LogP contribution in [0.3, 0.4) is 0 Å². The van der Waals surface area contributed by atoms with Gasteiger partial charge in [0.25, 0.3) is 5.91 Å². The molecule has 4 nitrogen and oxygen atoms in total. The SMILES string of the molecule is Cc1cnccc1NC(=O)c1cccc(N)c1. The molecule has 1 amide bonds. The number of amides is 1. The number of benzene rings is 1. The van der Waals surface area contributed by atoms with Crippen LogP contribution >= 0.6 is 0 Å². The van der Waals surface area contributed by atoms with Gasteiger partial charge in [-0.15, -0.1) is 0 Å². The van der Waals surface area contributed by atoms with Gasteiger partial charge in [0.2, 0.25) is 0 Å². The Morgan fingerprint density at radius 1 is 1.35 bits per heavy atom. The smallest absolute Gasteiger partial charge is 0.255 e. The molecule has 2 rings (SSSR count). The number of hydrogen-bond acceptors (Lipinski definition) is 3. The third-order valence-electron chi connectivity index (χ3n) is 2.42. The number of carbonyl (C=O) groups is 1. The summed E-state index contributed by atoms with van der Waals surface area (Å²) in [5.41, 5.74) is 8.42. The highest BCUT2D eigenvalue weighted by atomic mass is 16.1. The van der Waals surface area contributed by atoms with E-state index >= 15 is 0 Å². The van der Waals surface area contributed by atoms with Crippen LogP contribution in [-0.2, 0) is 0 Å². The van der Waals surface area contributed by atoms with Crippen molar-refractivity contribution in [1.29, 1.82) is 0 Å². The van der Waals surface area contributed by atoms with E-state index in [0.717, 1.165) is 11.3 Å². The number of nitrogens with two attached hydrogens (primary N) is 1. The summed E-state index contributed by atoms with van der Waals surface area (Å²) in [7, 11) is 0. The zero-order valence-corrected chi connectivity index (χ0v) is 9.47. The molecule has 3 N–H and O–H groups in total. The zero-order valence-electron chi connectivity index (χ0n) is 9.47. The normalized spacial score (nSPS) is 9.94. The van der Waals surface area contributed by atoms with Crippen molar-refractivity contribution >= 4 is 17.3 Å². The van der Waals surface area contributed by atoms with E-state index in [4.69, 9.17) is 5.73 Å². The predicted molar refractivity (Wildman–Crippen MR) is 67.8 cm³/mol. The van der Waals surface area contributed by atoms with Gasteiger partial charge in [0.15, 0.2) is 0 Å². The molecular formula is C13H13N3O. The molecule has 0 saturated heterocycles. The summed E-state index contributed by atoms with van der Waals surface area (Å²) in [6.45, 7) is 1.89. The van der Waals surface area contributed by atoms with Gasteiger partial charge in [-0.2, -0.15) is 0 Å². The first kappa shape index (κ1) is 11.1. The lowest BCUT2D eigenvalue weighted by molar-refractivity contribution is 0.102. The quantitative estimate of drug-likeness (QED) is 0.773. The average Bonchev–Trinajstić information content (AvgIpc) is 2.32. The third kappa shape index (κ3) is 2.60. The van der Waals surface area contributed by atoms with Crippen LogP contribution in [-0.4, -0.2) is 10.9 Å². The summed E-state index contributed by atoms with van der Waals surface area (Å²) < 4.78 is 0. The molecule has 86 valence electrons. The molecule has 2 aromatic rings. The molecule has 17 heavy (non-hydrogen) atoms. The van der Waals surface area contributed by atoms with Crippen LogP contribution < -0.4 is 11.1 Å². The van der Waals surface area contributed by atoms with Crippen LogP contribution in [0, 0.1) is 6.92 Å². The van der Waals surface area contributed by atoms with Crippen molar-refractivity contribution in [2.75, 3.05) is 11.1 Å². The maximum absolute atomic E-state index is 11.9. The van der Waals surface area contributed by atoms with Crippen LogP contribution in [0.2, 0.25) is 0 Å². The molecule has 0 atom stereocenters. The molecule has 1 heterocycles. The van der Waals surface area contributed by atoms with Gasteiger partial charge in [0.1, 0.15) is 0 Å². The van der Waals surface area contributed by atoms with E-state index < -0.39 is 0 Å². The summed E-state index contributed by atoms with van der Waals surface area (Å²) in [5.74, 6) is -0.174. The molecule has 0 fully saturated rings. The number of rotatable bonds is 2. The van der Waals surface area contributed by atoms with Crippen LogP contribution in [0.5, 0.6) is 0 Å². The Hall–Kier alpha value is -2.36. The minimum atomic E-state index is -0.174. The van der Waals surface area contributed by atoms with Crippen LogP contribution in [0.1, 0.15) is 15.9 Å². The molecule has 0 aliphatic heterocycles. The van der Waals surface area contributed by atoms with E-state index in [-0.39, 0.29) is 5.91 Å². The second-order valence-electron chi connectivity index (χ2n) is 3.77. The Morgan fingerprint density at radius 3 is 2.88 bits per heavy atom. The first-order valence-electron chi connectivity index (χ1n) is 5.24. The number of anilines is 2.